The van der Waals surface area contributed by atoms with E-state index in [1.54, 1.807) is 24.3 Å². The van der Waals surface area contributed by atoms with E-state index in [0.29, 0.717) is 17.1 Å². The Balaban J connectivity index is 3.11. The lowest BCUT2D eigenvalue weighted by molar-refractivity contribution is -0.114. The Hall–Kier alpha value is -2.99. The van der Waals surface area contributed by atoms with Gasteiger partial charge in [0, 0.05) is 0 Å². The smallest absolute Gasteiger partial charge is 0.259 e. The molecule has 2 N–H and O–H groups in total. The summed E-state index contributed by atoms with van der Waals surface area (Å²) in [5, 5.41) is 17.2. The van der Waals surface area contributed by atoms with Gasteiger partial charge in [-0.3, -0.25) is 4.79 Å². The van der Waals surface area contributed by atoms with E-state index in [1.807, 2.05) is 6.07 Å². The highest BCUT2D eigenvalue weighted by Crippen LogP contribution is 2.28. The summed E-state index contributed by atoms with van der Waals surface area (Å²) in [6, 6.07) is 8.33. The summed E-state index contributed by atoms with van der Waals surface area (Å²) in [6.07, 6.45) is 1.35. The molecule has 0 aliphatic rings. The van der Waals surface area contributed by atoms with Crippen molar-refractivity contribution in [1.82, 2.24) is 0 Å². The lowest BCUT2D eigenvalue weighted by Gasteiger charge is -2.08. The van der Waals surface area contributed by atoms with Crippen molar-refractivity contribution in [2.24, 2.45) is 5.73 Å². The van der Waals surface area contributed by atoms with Gasteiger partial charge in [0.1, 0.15) is 17.7 Å². The zero-order valence-corrected chi connectivity index (χ0v) is 10.2. The average molecular weight is 257 g/mol. The molecule has 0 radical (unpaired) electrons. The van der Waals surface area contributed by atoms with Crippen LogP contribution in [0, 0.1) is 22.7 Å². The van der Waals surface area contributed by atoms with Gasteiger partial charge in [0.2, 0.25) is 0 Å². The molecule has 0 saturated heterocycles. The first-order chi connectivity index (χ1) is 9.12. The Morgan fingerprint density at radius 2 is 2.16 bits per heavy atom. The van der Waals surface area contributed by atoms with Gasteiger partial charge in [-0.2, -0.15) is 10.5 Å². The molecule has 96 valence electrons. The third-order valence-electron chi connectivity index (χ3n) is 2.18. The molecule has 0 unspecified atom stereocenters. The van der Waals surface area contributed by atoms with Crippen molar-refractivity contribution in [3.63, 3.8) is 0 Å². The van der Waals surface area contributed by atoms with E-state index in [1.165, 1.54) is 13.2 Å². The number of methoxy groups -OCH3 is 1. The molecule has 0 aliphatic heterocycles. The van der Waals surface area contributed by atoms with Gasteiger partial charge in [0.05, 0.1) is 7.11 Å². The molecular formula is C13H11N3O3. The molecule has 1 amide bonds. The fourth-order valence-corrected chi connectivity index (χ4v) is 1.33. The van der Waals surface area contributed by atoms with Gasteiger partial charge < -0.3 is 15.2 Å². The number of nitrogens with zero attached hydrogens (tertiary/aromatic N) is 2. The molecule has 6 nitrogen and oxygen atoms in total. The van der Waals surface area contributed by atoms with Crippen molar-refractivity contribution in [2.45, 2.75) is 0 Å². The highest BCUT2D eigenvalue weighted by molar-refractivity contribution is 6.00. The van der Waals surface area contributed by atoms with Crippen LogP contribution in [0.4, 0.5) is 0 Å². The largest absolute Gasteiger partial charge is 0.493 e. The first-order valence-corrected chi connectivity index (χ1v) is 5.21. The van der Waals surface area contributed by atoms with Crippen LogP contribution in [0.25, 0.3) is 6.08 Å². The molecule has 0 aromatic heterocycles. The monoisotopic (exact) mass is 257 g/mol. The first kappa shape index (κ1) is 14.1. The van der Waals surface area contributed by atoms with Crippen molar-refractivity contribution >= 4 is 12.0 Å². The van der Waals surface area contributed by atoms with Crippen molar-refractivity contribution < 1.29 is 14.3 Å². The topological polar surface area (TPSA) is 109 Å². The predicted molar refractivity (Wildman–Crippen MR) is 66.9 cm³/mol. The van der Waals surface area contributed by atoms with Gasteiger partial charge in [0.25, 0.3) is 5.91 Å². The Kier molecular flexibility index (Phi) is 4.94. The number of primary amides is 1. The van der Waals surface area contributed by atoms with Gasteiger partial charge in [-0.25, -0.2) is 0 Å². The molecule has 0 fully saturated rings. The number of rotatable bonds is 5. The number of amides is 1. The van der Waals surface area contributed by atoms with E-state index < -0.39 is 5.91 Å². The third kappa shape index (κ3) is 3.76. The predicted octanol–water partition coefficient (Wildman–Crippen LogP) is 0.990. The van der Waals surface area contributed by atoms with Gasteiger partial charge in [0.15, 0.2) is 18.1 Å². The van der Waals surface area contributed by atoms with E-state index in [2.05, 4.69) is 0 Å². The van der Waals surface area contributed by atoms with Crippen LogP contribution < -0.4 is 15.2 Å². The summed E-state index contributed by atoms with van der Waals surface area (Å²) < 4.78 is 10.2. The zero-order valence-electron chi connectivity index (χ0n) is 10.2. The van der Waals surface area contributed by atoms with Gasteiger partial charge in [-0.15, -0.1) is 0 Å². The second-order valence-corrected chi connectivity index (χ2v) is 3.39. The molecule has 1 aromatic carbocycles. The summed E-state index contributed by atoms with van der Waals surface area (Å²) in [7, 11) is 1.45. The minimum atomic E-state index is -0.800. The number of ether oxygens (including phenoxy) is 2. The van der Waals surface area contributed by atoms with Crippen LogP contribution >= 0.6 is 0 Å². The van der Waals surface area contributed by atoms with E-state index in [0.717, 1.165) is 0 Å². The van der Waals surface area contributed by atoms with Gasteiger partial charge in [-0.05, 0) is 23.8 Å². The molecule has 1 rings (SSSR count). The highest BCUT2D eigenvalue weighted by atomic mass is 16.5. The number of nitrogens with two attached hydrogens (primary N) is 1. The quantitative estimate of drug-likeness (QED) is 0.624. The van der Waals surface area contributed by atoms with Gasteiger partial charge >= 0.3 is 0 Å². The lowest BCUT2D eigenvalue weighted by Crippen LogP contribution is -2.12. The van der Waals surface area contributed by atoms with Crippen molar-refractivity contribution in [2.75, 3.05) is 13.7 Å². The third-order valence-corrected chi connectivity index (χ3v) is 2.18. The van der Waals surface area contributed by atoms with Crippen molar-refractivity contribution in [1.29, 1.82) is 10.5 Å². The second-order valence-electron chi connectivity index (χ2n) is 3.39. The molecule has 19 heavy (non-hydrogen) atoms. The SMILES string of the molecule is COc1cc(/C=C(\C#N)C(N)=O)ccc1OCC#N. The number of carbonyl (C=O) groups excluding carboxylic acids is 1. The summed E-state index contributed by atoms with van der Waals surface area (Å²) in [5.41, 5.74) is 5.45. The molecule has 6 heteroatoms. The van der Waals surface area contributed by atoms with Crippen LogP contribution in [0.1, 0.15) is 5.56 Å². The van der Waals surface area contributed by atoms with E-state index in [9.17, 15) is 4.79 Å². The maximum absolute atomic E-state index is 10.9. The molecular weight excluding hydrogens is 246 g/mol. The molecule has 1 aromatic rings. The number of hydrogen-bond acceptors (Lipinski definition) is 5. The normalized spacial score (nSPS) is 10.2. The molecule has 0 atom stereocenters. The summed E-state index contributed by atoms with van der Waals surface area (Å²) in [6.45, 7) is -0.101. The second kappa shape index (κ2) is 6.67. The van der Waals surface area contributed by atoms with Crippen LogP contribution in [0.5, 0.6) is 11.5 Å². The summed E-state index contributed by atoms with van der Waals surface area (Å²) in [4.78, 5) is 10.9. The number of carbonyl (C=O) groups is 1. The number of benzene rings is 1. The van der Waals surface area contributed by atoms with Crippen molar-refractivity contribution in [3.8, 4) is 23.6 Å². The standard InChI is InChI=1S/C13H11N3O3/c1-18-12-7-9(6-10(8-15)13(16)17)2-3-11(12)19-5-4-14/h2-3,6-7H,5H2,1H3,(H2,16,17)/b10-6+. The Labute approximate surface area is 110 Å². The van der Waals surface area contributed by atoms with Crippen molar-refractivity contribution in [3.05, 3.63) is 29.3 Å². The Morgan fingerprint density at radius 3 is 2.68 bits per heavy atom. The first-order valence-electron chi connectivity index (χ1n) is 5.21. The average Bonchev–Trinajstić information content (AvgIpc) is 2.42. The summed E-state index contributed by atoms with van der Waals surface area (Å²) >= 11 is 0. The van der Waals surface area contributed by atoms with Crippen LogP contribution in [0.2, 0.25) is 0 Å². The maximum Gasteiger partial charge on any atom is 0.259 e. The molecule has 0 heterocycles. The van der Waals surface area contributed by atoms with E-state index in [-0.39, 0.29) is 12.2 Å². The van der Waals surface area contributed by atoms with Crippen LogP contribution in [0.15, 0.2) is 23.8 Å². The Morgan fingerprint density at radius 1 is 1.42 bits per heavy atom. The van der Waals surface area contributed by atoms with Crippen LogP contribution in [-0.4, -0.2) is 19.6 Å². The molecule has 0 spiro atoms. The lowest BCUT2D eigenvalue weighted by atomic mass is 10.1. The minimum absolute atomic E-state index is 0.101. The zero-order chi connectivity index (χ0) is 14.3. The fraction of sp³-hybridized carbons (Fsp3) is 0.154. The summed E-state index contributed by atoms with van der Waals surface area (Å²) in [5.74, 6) is -0.00387. The van der Waals surface area contributed by atoms with E-state index >= 15 is 0 Å². The minimum Gasteiger partial charge on any atom is -0.493 e. The molecule has 0 bridgehead atoms. The van der Waals surface area contributed by atoms with Gasteiger partial charge in [-0.1, -0.05) is 6.07 Å². The van der Waals surface area contributed by atoms with E-state index in [4.69, 9.17) is 25.7 Å². The maximum atomic E-state index is 10.9. The van der Waals surface area contributed by atoms with Crippen LogP contribution in [-0.2, 0) is 4.79 Å². The highest BCUT2D eigenvalue weighted by Gasteiger charge is 2.07. The molecule has 0 saturated carbocycles. The number of nitriles is 2. The fourth-order valence-electron chi connectivity index (χ4n) is 1.33. The Bertz CT molecular complexity index is 594. The van der Waals surface area contributed by atoms with Crippen LogP contribution in [0.3, 0.4) is 0 Å². The number of hydrogen-bond donors (Lipinski definition) is 1. The molecule has 0 aliphatic carbocycles.